The van der Waals surface area contributed by atoms with Crippen LogP contribution >= 0.6 is 22.9 Å². The van der Waals surface area contributed by atoms with Gasteiger partial charge in [-0.2, -0.15) is 0 Å². The summed E-state index contributed by atoms with van der Waals surface area (Å²) in [5.41, 5.74) is 1.79. The van der Waals surface area contributed by atoms with Gasteiger partial charge < -0.3 is 0 Å². The first-order valence-corrected chi connectivity index (χ1v) is 8.55. The van der Waals surface area contributed by atoms with Crippen LogP contribution in [-0.2, 0) is 0 Å². The summed E-state index contributed by atoms with van der Waals surface area (Å²) < 4.78 is 27.4. The number of hydrogen-bond acceptors (Lipinski definition) is 3. The first-order chi connectivity index (χ1) is 11.9. The van der Waals surface area contributed by atoms with Gasteiger partial charge in [0.15, 0.2) is 5.13 Å². The van der Waals surface area contributed by atoms with Crippen molar-refractivity contribution in [2.45, 2.75) is 13.8 Å². The lowest BCUT2D eigenvalue weighted by Crippen LogP contribution is -2.15. The third-order valence-electron chi connectivity index (χ3n) is 3.65. The molecule has 0 atom stereocenters. The van der Waals surface area contributed by atoms with E-state index < -0.39 is 23.1 Å². The van der Waals surface area contributed by atoms with Crippen LogP contribution in [0.1, 0.15) is 20.8 Å². The summed E-state index contributed by atoms with van der Waals surface area (Å²) in [6, 6.07) is 8.82. The second-order valence-corrected chi connectivity index (χ2v) is 7.05. The largest absolute Gasteiger partial charge is 0.298 e. The summed E-state index contributed by atoms with van der Waals surface area (Å²) >= 11 is 7.37. The Kier molecular flexibility index (Phi) is 4.83. The van der Waals surface area contributed by atoms with Gasteiger partial charge in [0.05, 0.1) is 5.69 Å². The number of aromatic nitrogens is 1. The van der Waals surface area contributed by atoms with Crippen molar-refractivity contribution in [2.75, 3.05) is 5.32 Å². The van der Waals surface area contributed by atoms with Crippen LogP contribution < -0.4 is 5.32 Å². The average Bonchev–Trinajstić information content (AvgIpc) is 2.90. The number of nitrogens with zero attached hydrogens (tertiary/aromatic N) is 1. The van der Waals surface area contributed by atoms with Gasteiger partial charge in [-0.3, -0.25) is 10.1 Å². The highest BCUT2D eigenvalue weighted by molar-refractivity contribution is 7.16. The second-order valence-electron chi connectivity index (χ2n) is 5.44. The summed E-state index contributed by atoms with van der Waals surface area (Å²) in [5, 5.41) is 3.33. The molecule has 0 aliphatic heterocycles. The Hall–Kier alpha value is -2.31. The third-order valence-corrected chi connectivity index (χ3v) is 4.95. The smallest absolute Gasteiger partial charge is 0.263 e. The van der Waals surface area contributed by atoms with E-state index in [0.29, 0.717) is 10.7 Å². The number of halogens is 3. The van der Waals surface area contributed by atoms with E-state index in [0.717, 1.165) is 28.1 Å². The highest BCUT2D eigenvalue weighted by Gasteiger charge is 2.19. The molecule has 0 bridgehead atoms. The molecular formula is C18H13ClF2N2OS. The van der Waals surface area contributed by atoms with Crippen molar-refractivity contribution in [3.63, 3.8) is 0 Å². The van der Waals surface area contributed by atoms with Crippen molar-refractivity contribution in [1.29, 1.82) is 0 Å². The minimum Gasteiger partial charge on any atom is -0.298 e. The lowest BCUT2D eigenvalue weighted by atomic mass is 10.1. The minimum atomic E-state index is -0.920. The Balaban J connectivity index is 1.90. The van der Waals surface area contributed by atoms with Crippen molar-refractivity contribution in [3.05, 3.63) is 69.1 Å². The summed E-state index contributed by atoms with van der Waals surface area (Å²) in [6.45, 7) is 3.74. The molecule has 0 unspecified atom stereocenters. The van der Waals surface area contributed by atoms with Crippen molar-refractivity contribution in [2.24, 2.45) is 0 Å². The molecule has 3 rings (SSSR count). The maximum Gasteiger partial charge on any atom is 0.263 e. The molecule has 0 aliphatic carbocycles. The Morgan fingerprint density at radius 2 is 1.84 bits per heavy atom. The zero-order valence-corrected chi connectivity index (χ0v) is 14.9. The Morgan fingerprint density at radius 3 is 2.48 bits per heavy atom. The van der Waals surface area contributed by atoms with Crippen molar-refractivity contribution >= 4 is 34.0 Å². The van der Waals surface area contributed by atoms with E-state index in [1.807, 2.05) is 26.0 Å². The van der Waals surface area contributed by atoms with Gasteiger partial charge >= 0.3 is 0 Å². The van der Waals surface area contributed by atoms with Crippen molar-refractivity contribution in [3.8, 4) is 11.3 Å². The van der Waals surface area contributed by atoms with Crippen molar-refractivity contribution in [1.82, 2.24) is 4.98 Å². The van der Waals surface area contributed by atoms with Gasteiger partial charge in [0, 0.05) is 15.5 Å². The summed E-state index contributed by atoms with van der Waals surface area (Å²) in [7, 11) is 0. The monoisotopic (exact) mass is 378 g/mol. The number of carbonyl (C=O) groups is 1. The van der Waals surface area contributed by atoms with E-state index in [2.05, 4.69) is 10.3 Å². The SMILES string of the molecule is Cc1ccc(-c2nc(NC(=O)c3c(F)cccc3F)sc2C)cc1Cl. The lowest BCUT2D eigenvalue weighted by molar-refractivity contribution is 0.101. The summed E-state index contributed by atoms with van der Waals surface area (Å²) in [6.07, 6.45) is 0. The number of benzene rings is 2. The molecule has 0 fully saturated rings. The molecule has 1 amide bonds. The molecule has 3 aromatic rings. The van der Waals surface area contributed by atoms with E-state index in [9.17, 15) is 13.6 Å². The van der Waals surface area contributed by atoms with Gasteiger partial charge in [-0.25, -0.2) is 13.8 Å². The predicted octanol–water partition coefficient (Wildman–Crippen LogP) is 5.61. The molecule has 1 aromatic heterocycles. The molecule has 0 aliphatic rings. The number of aryl methyl sites for hydroxylation is 2. The normalized spacial score (nSPS) is 10.8. The molecule has 0 spiro atoms. The summed E-state index contributed by atoms with van der Waals surface area (Å²) in [5.74, 6) is -2.72. The third kappa shape index (κ3) is 3.55. The molecule has 1 heterocycles. The number of hydrogen-bond donors (Lipinski definition) is 1. The van der Waals surface area contributed by atoms with Crippen LogP contribution in [-0.4, -0.2) is 10.9 Å². The fraction of sp³-hybridized carbons (Fsp3) is 0.111. The van der Waals surface area contributed by atoms with E-state index >= 15 is 0 Å². The standard InChI is InChI=1S/C18H13ClF2N2OS/c1-9-6-7-11(8-12(9)19)16-10(2)25-18(22-16)23-17(24)15-13(20)4-3-5-14(15)21/h3-8H,1-2H3,(H,22,23,24). The van der Waals surface area contributed by atoms with Gasteiger partial charge in [-0.05, 0) is 37.6 Å². The molecule has 128 valence electrons. The van der Waals surface area contributed by atoms with E-state index in [4.69, 9.17) is 11.6 Å². The molecule has 7 heteroatoms. The van der Waals surface area contributed by atoms with Gasteiger partial charge in [0.2, 0.25) is 0 Å². The minimum absolute atomic E-state index is 0.261. The molecule has 2 aromatic carbocycles. The molecule has 3 nitrogen and oxygen atoms in total. The summed E-state index contributed by atoms with van der Waals surface area (Å²) in [4.78, 5) is 17.4. The number of nitrogens with one attached hydrogen (secondary N) is 1. The molecular weight excluding hydrogens is 366 g/mol. The van der Waals surface area contributed by atoms with Crippen LogP contribution in [0.15, 0.2) is 36.4 Å². The van der Waals surface area contributed by atoms with Gasteiger partial charge in [0.1, 0.15) is 17.2 Å². The maximum absolute atomic E-state index is 13.7. The topological polar surface area (TPSA) is 42.0 Å². The van der Waals surface area contributed by atoms with E-state index in [1.54, 1.807) is 6.07 Å². The van der Waals surface area contributed by atoms with Crippen LogP contribution in [0.25, 0.3) is 11.3 Å². The van der Waals surface area contributed by atoms with Crippen molar-refractivity contribution < 1.29 is 13.6 Å². The quantitative estimate of drug-likeness (QED) is 0.643. The molecule has 0 saturated carbocycles. The second kappa shape index (κ2) is 6.90. The highest BCUT2D eigenvalue weighted by Crippen LogP contribution is 2.32. The van der Waals surface area contributed by atoms with E-state index in [-0.39, 0.29) is 5.13 Å². The van der Waals surface area contributed by atoms with Crippen LogP contribution in [0.3, 0.4) is 0 Å². The molecule has 25 heavy (non-hydrogen) atoms. The molecule has 1 N–H and O–H groups in total. The first kappa shape index (κ1) is 17.5. The van der Waals surface area contributed by atoms with Crippen LogP contribution in [0.2, 0.25) is 5.02 Å². The van der Waals surface area contributed by atoms with Crippen LogP contribution in [0.5, 0.6) is 0 Å². The fourth-order valence-corrected chi connectivity index (χ4v) is 3.34. The zero-order chi connectivity index (χ0) is 18.1. The number of thiazole rings is 1. The Morgan fingerprint density at radius 1 is 1.16 bits per heavy atom. The lowest BCUT2D eigenvalue weighted by Gasteiger charge is -2.04. The highest BCUT2D eigenvalue weighted by atomic mass is 35.5. The molecule has 0 saturated heterocycles. The van der Waals surface area contributed by atoms with E-state index in [1.165, 1.54) is 17.4 Å². The zero-order valence-electron chi connectivity index (χ0n) is 13.4. The fourth-order valence-electron chi connectivity index (χ4n) is 2.33. The van der Waals surface area contributed by atoms with Gasteiger partial charge in [-0.15, -0.1) is 11.3 Å². The van der Waals surface area contributed by atoms with Crippen LogP contribution in [0, 0.1) is 25.5 Å². The average molecular weight is 379 g/mol. The van der Waals surface area contributed by atoms with Gasteiger partial charge in [-0.1, -0.05) is 29.8 Å². The first-order valence-electron chi connectivity index (χ1n) is 7.36. The maximum atomic E-state index is 13.7. The predicted molar refractivity (Wildman–Crippen MR) is 96.3 cm³/mol. The number of anilines is 1. The molecule has 0 radical (unpaired) electrons. The Bertz CT molecular complexity index is 951. The number of rotatable bonds is 3. The number of amides is 1. The Labute approximate surface area is 152 Å². The number of carbonyl (C=O) groups excluding carboxylic acids is 1. The van der Waals surface area contributed by atoms with Crippen LogP contribution in [0.4, 0.5) is 13.9 Å². The van der Waals surface area contributed by atoms with Gasteiger partial charge in [0.25, 0.3) is 5.91 Å².